The number of fused-ring (bicyclic) bond motifs is 1. The van der Waals surface area contributed by atoms with E-state index >= 15 is 0 Å². The number of rotatable bonds is 4. The van der Waals surface area contributed by atoms with E-state index in [1.807, 2.05) is 0 Å². The SMILES string of the molecule is CNc1nc(Nc2ccc3c(c2)CCC3)nc(OC)n1. The summed E-state index contributed by atoms with van der Waals surface area (Å²) in [5.74, 6) is 0.944. The van der Waals surface area contributed by atoms with Crippen molar-refractivity contribution in [3.8, 4) is 6.01 Å². The molecule has 2 aromatic rings. The maximum atomic E-state index is 5.07. The van der Waals surface area contributed by atoms with Gasteiger partial charge in [-0.1, -0.05) is 6.07 Å². The zero-order valence-electron chi connectivity index (χ0n) is 11.6. The highest BCUT2D eigenvalue weighted by Gasteiger charge is 2.12. The van der Waals surface area contributed by atoms with Gasteiger partial charge >= 0.3 is 6.01 Å². The molecule has 1 aromatic heterocycles. The van der Waals surface area contributed by atoms with Crippen molar-refractivity contribution >= 4 is 17.6 Å². The van der Waals surface area contributed by atoms with Gasteiger partial charge in [-0.05, 0) is 42.5 Å². The van der Waals surface area contributed by atoms with Crippen LogP contribution < -0.4 is 15.4 Å². The molecule has 1 aliphatic carbocycles. The van der Waals surface area contributed by atoms with E-state index < -0.39 is 0 Å². The van der Waals surface area contributed by atoms with Crippen LogP contribution in [0.5, 0.6) is 6.01 Å². The number of nitrogens with one attached hydrogen (secondary N) is 2. The van der Waals surface area contributed by atoms with Crippen LogP contribution >= 0.6 is 0 Å². The van der Waals surface area contributed by atoms with Gasteiger partial charge in [-0.3, -0.25) is 0 Å². The molecule has 20 heavy (non-hydrogen) atoms. The van der Waals surface area contributed by atoms with Gasteiger partial charge in [0.2, 0.25) is 11.9 Å². The molecule has 1 aliphatic rings. The molecule has 0 spiro atoms. The molecule has 3 rings (SSSR count). The summed E-state index contributed by atoms with van der Waals surface area (Å²) in [6.45, 7) is 0. The smallest absolute Gasteiger partial charge is 0.322 e. The number of anilines is 3. The molecule has 1 heterocycles. The van der Waals surface area contributed by atoms with E-state index in [-0.39, 0.29) is 6.01 Å². The number of aromatic nitrogens is 3. The van der Waals surface area contributed by atoms with Gasteiger partial charge in [0, 0.05) is 12.7 Å². The minimum Gasteiger partial charge on any atom is -0.467 e. The molecule has 2 N–H and O–H groups in total. The van der Waals surface area contributed by atoms with Gasteiger partial charge in [0.1, 0.15) is 0 Å². The number of hydrogen-bond acceptors (Lipinski definition) is 6. The largest absolute Gasteiger partial charge is 0.467 e. The summed E-state index contributed by atoms with van der Waals surface area (Å²) < 4.78 is 5.07. The molecule has 1 aromatic carbocycles. The number of ether oxygens (including phenoxy) is 1. The zero-order chi connectivity index (χ0) is 13.9. The highest BCUT2D eigenvalue weighted by molar-refractivity contribution is 5.57. The van der Waals surface area contributed by atoms with Gasteiger partial charge in [0.05, 0.1) is 7.11 Å². The van der Waals surface area contributed by atoms with Crippen LogP contribution in [0.2, 0.25) is 0 Å². The number of methoxy groups -OCH3 is 1. The van der Waals surface area contributed by atoms with Gasteiger partial charge in [-0.2, -0.15) is 15.0 Å². The van der Waals surface area contributed by atoms with Gasteiger partial charge < -0.3 is 15.4 Å². The second kappa shape index (κ2) is 5.32. The molecule has 0 saturated carbocycles. The average Bonchev–Trinajstić information content (AvgIpc) is 2.94. The van der Waals surface area contributed by atoms with Crippen molar-refractivity contribution in [1.82, 2.24) is 15.0 Å². The van der Waals surface area contributed by atoms with Crippen molar-refractivity contribution in [3.63, 3.8) is 0 Å². The minimum atomic E-state index is 0.285. The summed E-state index contributed by atoms with van der Waals surface area (Å²) in [7, 11) is 3.29. The molecule has 104 valence electrons. The van der Waals surface area contributed by atoms with Gasteiger partial charge in [-0.25, -0.2) is 0 Å². The molecule has 0 aliphatic heterocycles. The topological polar surface area (TPSA) is 72.0 Å². The quantitative estimate of drug-likeness (QED) is 0.887. The Labute approximate surface area is 117 Å². The lowest BCUT2D eigenvalue weighted by atomic mass is 10.1. The lowest BCUT2D eigenvalue weighted by Crippen LogP contribution is -2.05. The molecular formula is C14H17N5O. The van der Waals surface area contributed by atoms with Crippen molar-refractivity contribution in [2.24, 2.45) is 0 Å². The molecule has 6 heteroatoms. The van der Waals surface area contributed by atoms with E-state index in [0.717, 1.165) is 12.1 Å². The second-order valence-corrected chi connectivity index (χ2v) is 4.68. The summed E-state index contributed by atoms with van der Waals surface area (Å²) in [4.78, 5) is 12.5. The normalized spacial score (nSPS) is 12.9. The fourth-order valence-corrected chi connectivity index (χ4v) is 2.39. The predicted molar refractivity (Wildman–Crippen MR) is 77.7 cm³/mol. The van der Waals surface area contributed by atoms with Gasteiger partial charge in [0.25, 0.3) is 0 Å². The first kappa shape index (κ1) is 12.7. The molecular weight excluding hydrogens is 254 g/mol. The maximum Gasteiger partial charge on any atom is 0.322 e. The Morgan fingerprint density at radius 1 is 1.05 bits per heavy atom. The van der Waals surface area contributed by atoms with E-state index in [0.29, 0.717) is 11.9 Å². The van der Waals surface area contributed by atoms with E-state index in [9.17, 15) is 0 Å². The number of hydrogen-bond donors (Lipinski definition) is 2. The van der Waals surface area contributed by atoms with Crippen LogP contribution in [0.4, 0.5) is 17.6 Å². The Bertz CT molecular complexity index is 607. The summed E-state index contributed by atoms with van der Waals surface area (Å²) in [6.07, 6.45) is 3.56. The third-order valence-electron chi connectivity index (χ3n) is 3.38. The number of nitrogens with zero attached hydrogens (tertiary/aromatic N) is 3. The van der Waals surface area contributed by atoms with E-state index in [2.05, 4.69) is 43.8 Å². The molecule has 0 saturated heterocycles. The van der Waals surface area contributed by atoms with Crippen molar-refractivity contribution in [2.45, 2.75) is 19.3 Å². The summed E-state index contributed by atoms with van der Waals surface area (Å²) in [5, 5.41) is 6.09. The van der Waals surface area contributed by atoms with Crippen LogP contribution in [0.3, 0.4) is 0 Å². The first-order valence-electron chi connectivity index (χ1n) is 6.65. The standard InChI is InChI=1S/C14H17N5O/c1-15-12-17-13(19-14(18-12)20-2)16-11-7-6-9-4-3-5-10(9)8-11/h6-8H,3-5H2,1-2H3,(H2,15,16,17,18,19). The van der Waals surface area contributed by atoms with Crippen molar-refractivity contribution in [2.75, 3.05) is 24.8 Å². The average molecular weight is 271 g/mol. The van der Waals surface area contributed by atoms with Crippen molar-refractivity contribution in [3.05, 3.63) is 29.3 Å². The second-order valence-electron chi connectivity index (χ2n) is 4.68. The maximum absolute atomic E-state index is 5.07. The third-order valence-corrected chi connectivity index (χ3v) is 3.38. The zero-order valence-corrected chi connectivity index (χ0v) is 11.6. The van der Waals surface area contributed by atoms with Crippen molar-refractivity contribution < 1.29 is 4.74 Å². The van der Waals surface area contributed by atoms with Crippen LogP contribution in [0, 0.1) is 0 Å². The Hall–Kier alpha value is -2.37. The van der Waals surface area contributed by atoms with E-state index in [1.54, 1.807) is 7.05 Å². The molecule has 0 atom stereocenters. The third kappa shape index (κ3) is 2.49. The fraction of sp³-hybridized carbons (Fsp3) is 0.357. The lowest BCUT2D eigenvalue weighted by molar-refractivity contribution is 0.379. The highest BCUT2D eigenvalue weighted by Crippen LogP contribution is 2.26. The van der Waals surface area contributed by atoms with Gasteiger partial charge in [0.15, 0.2) is 0 Å². The Morgan fingerprint density at radius 2 is 1.85 bits per heavy atom. The fourth-order valence-electron chi connectivity index (χ4n) is 2.39. The highest BCUT2D eigenvalue weighted by atomic mass is 16.5. The van der Waals surface area contributed by atoms with Crippen LogP contribution in [0.25, 0.3) is 0 Å². The number of benzene rings is 1. The summed E-state index contributed by atoms with van der Waals surface area (Å²) in [6, 6.07) is 6.67. The molecule has 0 amide bonds. The first-order valence-corrected chi connectivity index (χ1v) is 6.65. The summed E-state index contributed by atoms with van der Waals surface area (Å²) >= 11 is 0. The Morgan fingerprint density at radius 3 is 2.65 bits per heavy atom. The molecule has 6 nitrogen and oxygen atoms in total. The predicted octanol–water partition coefficient (Wildman–Crippen LogP) is 2.15. The van der Waals surface area contributed by atoms with Crippen molar-refractivity contribution in [1.29, 1.82) is 0 Å². The van der Waals surface area contributed by atoms with Crippen LogP contribution in [-0.4, -0.2) is 29.1 Å². The Kier molecular flexibility index (Phi) is 3.37. The monoisotopic (exact) mass is 271 g/mol. The van der Waals surface area contributed by atoms with E-state index in [1.165, 1.54) is 31.1 Å². The van der Waals surface area contributed by atoms with Crippen LogP contribution in [-0.2, 0) is 12.8 Å². The van der Waals surface area contributed by atoms with Gasteiger partial charge in [-0.15, -0.1) is 0 Å². The first-order chi connectivity index (χ1) is 9.78. The number of aryl methyl sites for hydroxylation is 2. The summed E-state index contributed by atoms with van der Waals surface area (Å²) in [5.41, 5.74) is 3.84. The molecule has 0 radical (unpaired) electrons. The Balaban J connectivity index is 1.87. The van der Waals surface area contributed by atoms with E-state index in [4.69, 9.17) is 4.74 Å². The lowest BCUT2D eigenvalue weighted by Gasteiger charge is -2.09. The molecule has 0 bridgehead atoms. The van der Waals surface area contributed by atoms with Crippen LogP contribution in [0.15, 0.2) is 18.2 Å². The minimum absolute atomic E-state index is 0.285. The molecule has 0 fully saturated rings. The molecule has 0 unspecified atom stereocenters. The van der Waals surface area contributed by atoms with Crippen LogP contribution in [0.1, 0.15) is 17.5 Å².